The van der Waals surface area contributed by atoms with Crippen molar-refractivity contribution >= 4 is 11.6 Å². The molecule has 0 aliphatic carbocycles. The van der Waals surface area contributed by atoms with E-state index in [1.165, 1.54) is 22.4 Å². The van der Waals surface area contributed by atoms with Crippen molar-refractivity contribution in [3.8, 4) is 0 Å². The molecule has 1 fully saturated rings. The van der Waals surface area contributed by atoms with E-state index in [4.69, 9.17) is 0 Å². The molecule has 1 amide bonds. The second kappa shape index (κ2) is 8.88. The lowest BCUT2D eigenvalue weighted by Crippen LogP contribution is -2.40. The number of rotatable bonds is 6. The van der Waals surface area contributed by atoms with Gasteiger partial charge in [-0.3, -0.25) is 4.79 Å². The van der Waals surface area contributed by atoms with Gasteiger partial charge in [-0.05, 0) is 57.2 Å². The van der Waals surface area contributed by atoms with Crippen LogP contribution < -0.4 is 10.2 Å². The van der Waals surface area contributed by atoms with E-state index in [0.29, 0.717) is 0 Å². The number of carbonyl (C=O) groups excluding carboxylic acids is 1. The second-order valence-electron chi connectivity index (χ2n) is 7.48. The van der Waals surface area contributed by atoms with Crippen molar-refractivity contribution in [2.75, 3.05) is 24.5 Å². The monoisotopic (exact) mass is 350 g/mol. The Balaban J connectivity index is 1.37. The molecular weight excluding hydrogens is 320 g/mol. The van der Waals surface area contributed by atoms with Crippen molar-refractivity contribution in [2.45, 2.75) is 39.5 Å². The number of carbonyl (C=O) groups is 1. The van der Waals surface area contributed by atoms with Gasteiger partial charge in [0.25, 0.3) is 0 Å². The van der Waals surface area contributed by atoms with Crippen LogP contribution in [0.15, 0.2) is 48.5 Å². The number of aryl methyl sites for hydroxylation is 3. The maximum absolute atomic E-state index is 12.4. The summed E-state index contributed by atoms with van der Waals surface area (Å²) in [5, 5.41) is 3.14. The lowest BCUT2D eigenvalue weighted by atomic mass is 9.95. The fourth-order valence-corrected chi connectivity index (χ4v) is 3.67. The molecule has 3 heteroatoms. The van der Waals surface area contributed by atoms with Gasteiger partial charge in [-0.1, -0.05) is 47.5 Å². The van der Waals surface area contributed by atoms with Gasteiger partial charge in [0.15, 0.2) is 0 Å². The predicted molar refractivity (Wildman–Crippen MR) is 109 cm³/mol. The number of anilines is 1. The van der Waals surface area contributed by atoms with E-state index in [0.717, 1.165) is 45.3 Å². The second-order valence-corrected chi connectivity index (χ2v) is 7.48. The lowest BCUT2D eigenvalue weighted by Gasteiger charge is -2.33. The summed E-state index contributed by atoms with van der Waals surface area (Å²) in [6.45, 7) is 6.92. The van der Waals surface area contributed by atoms with E-state index in [-0.39, 0.29) is 11.8 Å². The van der Waals surface area contributed by atoms with Crippen LogP contribution in [0.1, 0.15) is 36.0 Å². The zero-order valence-corrected chi connectivity index (χ0v) is 16.0. The van der Waals surface area contributed by atoms with Gasteiger partial charge in [0.2, 0.25) is 5.91 Å². The molecule has 1 saturated heterocycles. The molecule has 0 saturated carbocycles. The molecule has 1 aliphatic heterocycles. The quantitative estimate of drug-likeness (QED) is 0.789. The summed E-state index contributed by atoms with van der Waals surface area (Å²) in [5.41, 5.74) is 5.21. The third-order valence-corrected chi connectivity index (χ3v) is 5.29. The minimum atomic E-state index is 0.163. The van der Waals surface area contributed by atoms with Gasteiger partial charge in [0.05, 0.1) is 0 Å². The third-order valence-electron chi connectivity index (χ3n) is 5.29. The molecule has 0 spiro atoms. The molecule has 3 rings (SSSR count). The highest BCUT2D eigenvalue weighted by Crippen LogP contribution is 2.23. The normalized spacial score (nSPS) is 15.1. The van der Waals surface area contributed by atoms with E-state index >= 15 is 0 Å². The van der Waals surface area contributed by atoms with Crippen LogP contribution in [0.5, 0.6) is 0 Å². The minimum Gasteiger partial charge on any atom is -0.371 e. The van der Waals surface area contributed by atoms with E-state index in [1.807, 2.05) is 0 Å². The highest BCUT2D eigenvalue weighted by atomic mass is 16.1. The van der Waals surface area contributed by atoms with Crippen LogP contribution in [0.25, 0.3) is 0 Å². The molecule has 0 bridgehead atoms. The average molecular weight is 351 g/mol. The number of hydrogen-bond acceptors (Lipinski definition) is 2. The molecule has 1 N–H and O–H groups in total. The summed E-state index contributed by atoms with van der Waals surface area (Å²) in [5.74, 6) is 0.397. The zero-order valence-electron chi connectivity index (χ0n) is 16.0. The van der Waals surface area contributed by atoms with Crippen molar-refractivity contribution < 1.29 is 4.79 Å². The van der Waals surface area contributed by atoms with Crippen LogP contribution in [0.3, 0.4) is 0 Å². The smallest absolute Gasteiger partial charge is 0.223 e. The molecule has 138 valence electrons. The largest absolute Gasteiger partial charge is 0.371 e. The number of nitrogens with zero attached hydrogens (tertiary/aromatic N) is 1. The summed E-state index contributed by atoms with van der Waals surface area (Å²) in [6, 6.07) is 17.3. The molecule has 0 unspecified atom stereocenters. The Morgan fingerprint density at radius 3 is 2.46 bits per heavy atom. The lowest BCUT2D eigenvalue weighted by molar-refractivity contribution is -0.125. The summed E-state index contributed by atoms with van der Waals surface area (Å²) in [7, 11) is 0. The highest BCUT2D eigenvalue weighted by molar-refractivity contribution is 5.79. The van der Waals surface area contributed by atoms with E-state index in [9.17, 15) is 4.79 Å². The number of hydrogen-bond donors (Lipinski definition) is 1. The van der Waals surface area contributed by atoms with Gasteiger partial charge in [-0.15, -0.1) is 0 Å². The Morgan fingerprint density at radius 2 is 1.77 bits per heavy atom. The van der Waals surface area contributed by atoms with Crippen molar-refractivity contribution in [1.82, 2.24) is 5.32 Å². The molecule has 1 aliphatic rings. The molecule has 3 nitrogen and oxygen atoms in total. The van der Waals surface area contributed by atoms with E-state index < -0.39 is 0 Å². The summed E-state index contributed by atoms with van der Waals surface area (Å²) >= 11 is 0. The first kappa shape index (κ1) is 18.5. The first-order chi connectivity index (χ1) is 12.6. The Hall–Kier alpha value is -2.29. The van der Waals surface area contributed by atoms with Gasteiger partial charge in [0.1, 0.15) is 0 Å². The molecule has 2 aromatic carbocycles. The topological polar surface area (TPSA) is 32.3 Å². The Labute approximate surface area is 157 Å². The number of nitrogens with one attached hydrogen (secondary N) is 1. The van der Waals surface area contributed by atoms with Gasteiger partial charge < -0.3 is 10.2 Å². The van der Waals surface area contributed by atoms with Crippen molar-refractivity contribution in [2.24, 2.45) is 5.92 Å². The van der Waals surface area contributed by atoms with Crippen LogP contribution in [0.4, 0.5) is 5.69 Å². The molecule has 0 radical (unpaired) electrons. The SMILES string of the molecule is Cc1ccc(N2CCC(C(=O)NCCCc3cccc(C)c3)CC2)cc1. The fraction of sp³-hybridized carbons (Fsp3) is 0.435. The Bertz CT molecular complexity index is 715. The predicted octanol–water partition coefficient (Wildman–Crippen LogP) is 4.27. The number of benzene rings is 2. The van der Waals surface area contributed by atoms with Crippen LogP contribution in [-0.2, 0) is 11.2 Å². The Morgan fingerprint density at radius 1 is 1.04 bits per heavy atom. The minimum absolute atomic E-state index is 0.163. The molecule has 26 heavy (non-hydrogen) atoms. The van der Waals surface area contributed by atoms with Gasteiger partial charge in [0, 0.05) is 31.2 Å². The average Bonchev–Trinajstić information content (AvgIpc) is 2.66. The third kappa shape index (κ3) is 5.10. The summed E-state index contributed by atoms with van der Waals surface area (Å²) in [6.07, 6.45) is 3.90. The Kier molecular flexibility index (Phi) is 6.32. The first-order valence-corrected chi connectivity index (χ1v) is 9.77. The molecule has 0 atom stereocenters. The van der Waals surface area contributed by atoms with Crippen LogP contribution in [0, 0.1) is 19.8 Å². The number of piperidine rings is 1. The van der Waals surface area contributed by atoms with Crippen molar-refractivity contribution in [1.29, 1.82) is 0 Å². The number of amides is 1. The van der Waals surface area contributed by atoms with Gasteiger partial charge >= 0.3 is 0 Å². The van der Waals surface area contributed by atoms with Gasteiger partial charge in [-0.2, -0.15) is 0 Å². The zero-order chi connectivity index (χ0) is 18.4. The molecule has 1 heterocycles. The molecule has 0 aromatic heterocycles. The summed E-state index contributed by atoms with van der Waals surface area (Å²) in [4.78, 5) is 14.8. The van der Waals surface area contributed by atoms with Crippen LogP contribution in [-0.4, -0.2) is 25.5 Å². The highest BCUT2D eigenvalue weighted by Gasteiger charge is 2.24. The van der Waals surface area contributed by atoms with Crippen molar-refractivity contribution in [3.63, 3.8) is 0 Å². The first-order valence-electron chi connectivity index (χ1n) is 9.77. The molecule has 2 aromatic rings. The van der Waals surface area contributed by atoms with Crippen LogP contribution >= 0.6 is 0 Å². The van der Waals surface area contributed by atoms with Gasteiger partial charge in [-0.25, -0.2) is 0 Å². The molecular formula is C23H30N2O. The van der Waals surface area contributed by atoms with E-state index in [2.05, 4.69) is 72.6 Å². The standard InChI is InChI=1S/C23H30N2O/c1-18-8-10-22(11-9-18)25-15-12-21(13-16-25)23(26)24-14-4-7-20-6-3-5-19(2)17-20/h3,5-6,8-11,17,21H,4,7,12-16H2,1-2H3,(H,24,26). The van der Waals surface area contributed by atoms with E-state index in [1.54, 1.807) is 0 Å². The maximum Gasteiger partial charge on any atom is 0.223 e. The van der Waals surface area contributed by atoms with Crippen molar-refractivity contribution in [3.05, 3.63) is 65.2 Å². The fourth-order valence-electron chi connectivity index (χ4n) is 3.67. The van der Waals surface area contributed by atoms with Crippen LogP contribution in [0.2, 0.25) is 0 Å². The summed E-state index contributed by atoms with van der Waals surface area (Å²) < 4.78 is 0. The maximum atomic E-state index is 12.4.